The van der Waals surface area contributed by atoms with E-state index in [0.717, 1.165) is 5.69 Å². The summed E-state index contributed by atoms with van der Waals surface area (Å²) >= 11 is 0. The first-order chi connectivity index (χ1) is 11.8. The number of pyridine rings is 2. The zero-order chi connectivity index (χ0) is 17.9. The van der Waals surface area contributed by atoms with E-state index in [9.17, 15) is 18.0 Å². The van der Waals surface area contributed by atoms with Crippen molar-refractivity contribution in [3.05, 3.63) is 39.8 Å². The fourth-order valence-corrected chi connectivity index (χ4v) is 5.88. The van der Waals surface area contributed by atoms with Crippen molar-refractivity contribution < 1.29 is 13.2 Å². The first kappa shape index (κ1) is 16.3. The highest BCUT2D eigenvalue weighted by Crippen LogP contribution is 2.33. The Labute approximate surface area is 145 Å². The average Bonchev–Trinajstić information content (AvgIpc) is 3.10. The van der Waals surface area contributed by atoms with Gasteiger partial charge in [-0.2, -0.15) is 0 Å². The van der Waals surface area contributed by atoms with Gasteiger partial charge in [-0.25, -0.2) is 13.4 Å². The summed E-state index contributed by atoms with van der Waals surface area (Å²) in [5.41, 5.74) is 1.11. The number of amides is 1. The lowest BCUT2D eigenvalue weighted by Crippen LogP contribution is -2.45. The summed E-state index contributed by atoms with van der Waals surface area (Å²) < 4.78 is 25.6. The van der Waals surface area contributed by atoms with E-state index in [1.165, 1.54) is 0 Å². The molecule has 0 aliphatic carbocycles. The van der Waals surface area contributed by atoms with Gasteiger partial charge < -0.3 is 9.47 Å². The molecule has 0 N–H and O–H groups in total. The van der Waals surface area contributed by atoms with Gasteiger partial charge in [-0.15, -0.1) is 0 Å². The van der Waals surface area contributed by atoms with Crippen LogP contribution in [-0.2, 0) is 16.4 Å². The maximum absolute atomic E-state index is 12.9. The van der Waals surface area contributed by atoms with Gasteiger partial charge in [0.25, 0.3) is 5.91 Å². The van der Waals surface area contributed by atoms with Crippen LogP contribution in [-0.4, -0.2) is 52.4 Å². The second-order valence-corrected chi connectivity index (χ2v) is 9.11. The molecule has 25 heavy (non-hydrogen) atoms. The van der Waals surface area contributed by atoms with E-state index in [1.54, 1.807) is 27.8 Å². The number of sulfone groups is 1. The van der Waals surface area contributed by atoms with Crippen molar-refractivity contribution in [1.82, 2.24) is 14.5 Å². The largest absolute Gasteiger partial charge is 0.333 e. The third-order valence-corrected chi connectivity index (χ3v) is 7.41. The van der Waals surface area contributed by atoms with Gasteiger partial charge in [-0.1, -0.05) is 0 Å². The van der Waals surface area contributed by atoms with Crippen molar-refractivity contribution in [3.63, 3.8) is 0 Å². The van der Waals surface area contributed by atoms with Crippen molar-refractivity contribution in [2.24, 2.45) is 0 Å². The fraction of sp³-hybridized carbons (Fsp3) is 0.471. The predicted octanol–water partition coefficient (Wildman–Crippen LogP) is 0.736. The zero-order valence-electron chi connectivity index (χ0n) is 14.1. The number of nitrogens with zero attached hydrogens (tertiary/aromatic N) is 3. The molecule has 2 fully saturated rings. The van der Waals surface area contributed by atoms with E-state index in [1.807, 2.05) is 13.8 Å². The highest BCUT2D eigenvalue weighted by molar-refractivity contribution is 7.92. The molecule has 2 saturated heterocycles. The molecule has 0 radical (unpaired) electrons. The Hall–Kier alpha value is -2.22. The molecule has 0 spiro atoms. The second kappa shape index (κ2) is 5.39. The van der Waals surface area contributed by atoms with Gasteiger partial charge in [0.2, 0.25) is 5.43 Å². The minimum absolute atomic E-state index is 0.000291. The van der Waals surface area contributed by atoms with E-state index < -0.39 is 15.1 Å². The predicted molar refractivity (Wildman–Crippen MR) is 93.4 cm³/mol. The van der Waals surface area contributed by atoms with Gasteiger partial charge in [0.15, 0.2) is 9.84 Å². The van der Waals surface area contributed by atoms with Crippen molar-refractivity contribution >= 4 is 26.8 Å². The van der Waals surface area contributed by atoms with Crippen LogP contribution in [0, 0.1) is 6.92 Å². The number of carbonyl (C=O) groups excluding carboxylic acids is 1. The van der Waals surface area contributed by atoms with Crippen molar-refractivity contribution in [3.8, 4) is 0 Å². The lowest BCUT2D eigenvalue weighted by atomic mass is 10.1. The molecular formula is C17H19N3O4S. The Morgan fingerprint density at radius 2 is 2.12 bits per heavy atom. The highest BCUT2D eigenvalue weighted by atomic mass is 32.2. The number of likely N-dealkylation sites (tertiary alicyclic amines) is 1. The Bertz CT molecular complexity index is 1060. The van der Waals surface area contributed by atoms with Crippen LogP contribution in [0.25, 0.3) is 11.0 Å². The van der Waals surface area contributed by atoms with Gasteiger partial charge in [0.05, 0.1) is 16.4 Å². The smallest absolute Gasteiger partial charge is 0.259 e. The standard InChI is InChI=1S/C17H19N3O4S/c1-3-19-8-14(15(21)13-5-4-10(2)18-16(13)19)17(22)20-7-12-6-11(20)9-25(12,23)24/h4-5,8,11-12H,3,6-7,9H2,1-2H3. The quantitative estimate of drug-likeness (QED) is 0.787. The van der Waals surface area contributed by atoms with Crippen molar-refractivity contribution in [1.29, 1.82) is 0 Å². The lowest BCUT2D eigenvalue weighted by molar-refractivity contribution is 0.0744. The molecule has 4 heterocycles. The number of rotatable bonds is 2. The molecule has 132 valence electrons. The normalized spacial score (nSPS) is 24.2. The summed E-state index contributed by atoms with van der Waals surface area (Å²) in [5.74, 6) is -0.378. The molecular weight excluding hydrogens is 342 g/mol. The molecule has 2 aliphatic heterocycles. The van der Waals surface area contributed by atoms with E-state index >= 15 is 0 Å². The Balaban J connectivity index is 1.80. The highest BCUT2D eigenvalue weighted by Gasteiger charge is 2.50. The van der Waals surface area contributed by atoms with Gasteiger partial charge in [-0.05, 0) is 32.4 Å². The number of fused-ring (bicyclic) bond motifs is 3. The summed E-state index contributed by atoms with van der Waals surface area (Å²) in [6.07, 6.45) is 2.03. The number of aryl methyl sites for hydroxylation is 2. The van der Waals surface area contributed by atoms with Gasteiger partial charge >= 0.3 is 0 Å². The minimum Gasteiger partial charge on any atom is -0.333 e. The number of hydrogen-bond acceptors (Lipinski definition) is 5. The molecule has 0 aromatic carbocycles. The van der Waals surface area contributed by atoms with Crippen LogP contribution < -0.4 is 5.43 Å². The molecule has 1 amide bonds. The van der Waals surface area contributed by atoms with Crippen molar-refractivity contribution in [2.75, 3.05) is 12.3 Å². The van der Waals surface area contributed by atoms with Crippen LogP contribution in [0.3, 0.4) is 0 Å². The summed E-state index contributed by atoms with van der Waals surface area (Å²) in [6, 6.07) is 3.13. The summed E-state index contributed by atoms with van der Waals surface area (Å²) in [6.45, 7) is 4.53. The zero-order valence-corrected chi connectivity index (χ0v) is 14.9. The average molecular weight is 361 g/mol. The molecule has 2 atom stereocenters. The number of aromatic nitrogens is 2. The Morgan fingerprint density at radius 1 is 1.36 bits per heavy atom. The molecule has 8 heteroatoms. The monoisotopic (exact) mass is 361 g/mol. The Morgan fingerprint density at radius 3 is 2.72 bits per heavy atom. The van der Waals surface area contributed by atoms with Crippen molar-refractivity contribution in [2.45, 2.75) is 38.1 Å². The minimum atomic E-state index is -3.09. The SMILES string of the molecule is CCn1cc(C(=O)N2CC3CC2CS3(=O)=O)c(=O)c2ccc(C)nc21. The maximum Gasteiger partial charge on any atom is 0.259 e. The first-order valence-electron chi connectivity index (χ1n) is 8.35. The lowest BCUT2D eigenvalue weighted by Gasteiger charge is -2.27. The molecule has 0 saturated carbocycles. The van der Waals surface area contributed by atoms with E-state index in [2.05, 4.69) is 4.98 Å². The third-order valence-electron chi connectivity index (χ3n) is 5.20. The number of hydrogen-bond donors (Lipinski definition) is 0. The van der Waals surface area contributed by atoms with Crippen LogP contribution >= 0.6 is 0 Å². The molecule has 2 bridgehead atoms. The molecule has 7 nitrogen and oxygen atoms in total. The molecule has 4 rings (SSSR count). The molecule has 2 aromatic heterocycles. The summed E-state index contributed by atoms with van der Waals surface area (Å²) in [5, 5.41) is -0.0742. The van der Waals surface area contributed by atoms with E-state index in [4.69, 9.17) is 0 Å². The molecule has 2 aromatic rings. The van der Waals surface area contributed by atoms with Crippen LogP contribution in [0.1, 0.15) is 29.4 Å². The topological polar surface area (TPSA) is 89.3 Å². The molecule has 2 unspecified atom stereocenters. The van der Waals surface area contributed by atoms with Gasteiger partial charge in [-0.3, -0.25) is 9.59 Å². The fourth-order valence-electron chi connectivity index (χ4n) is 3.85. The summed E-state index contributed by atoms with van der Waals surface area (Å²) in [4.78, 5) is 31.7. The molecule has 2 aliphatic rings. The maximum atomic E-state index is 12.9. The summed E-state index contributed by atoms with van der Waals surface area (Å²) in [7, 11) is -3.09. The van der Waals surface area contributed by atoms with Gasteiger partial charge in [0, 0.05) is 31.0 Å². The van der Waals surface area contributed by atoms with Crippen LogP contribution in [0.5, 0.6) is 0 Å². The Kier molecular flexibility index (Phi) is 3.50. The first-order valence-corrected chi connectivity index (χ1v) is 10.1. The third kappa shape index (κ3) is 2.38. The second-order valence-electron chi connectivity index (χ2n) is 6.78. The van der Waals surface area contributed by atoms with E-state index in [0.29, 0.717) is 24.0 Å². The van der Waals surface area contributed by atoms with Crippen LogP contribution in [0.2, 0.25) is 0 Å². The van der Waals surface area contributed by atoms with Crippen LogP contribution in [0.4, 0.5) is 0 Å². The van der Waals surface area contributed by atoms with E-state index in [-0.39, 0.29) is 35.2 Å². The van der Waals surface area contributed by atoms with Crippen LogP contribution in [0.15, 0.2) is 23.1 Å². The van der Waals surface area contributed by atoms with Gasteiger partial charge in [0.1, 0.15) is 11.2 Å². The number of carbonyl (C=O) groups is 1.